The van der Waals surface area contributed by atoms with Crippen LogP contribution in [0.25, 0.3) is 0 Å². The normalized spacial score (nSPS) is 15.5. The van der Waals surface area contributed by atoms with Crippen LogP contribution in [0.5, 0.6) is 0 Å². The highest BCUT2D eigenvalue weighted by Crippen LogP contribution is 2.10. The molecular weight excluding hydrogens is 375 g/mol. The highest BCUT2D eigenvalue weighted by atomic mass is 127. The van der Waals surface area contributed by atoms with E-state index >= 15 is 0 Å². The maximum atomic E-state index is 5.51. The lowest BCUT2D eigenvalue weighted by molar-refractivity contribution is -0.781. The number of hydrogen-bond acceptors (Lipinski definition) is 5. The van der Waals surface area contributed by atoms with Crippen molar-refractivity contribution in [2.75, 3.05) is 67.0 Å². The van der Waals surface area contributed by atoms with Gasteiger partial charge >= 0.3 is 0 Å². The highest BCUT2D eigenvalue weighted by molar-refractivity contribution is 5.50. The third-order valence-electron chi connectivity index (χ3n) is 2.91. The molecular formula is C13H25IN2O4. The van der Waals surface area contributed by atoms with Crippen LogP contribution in [0.2, 0.25) is 0 Å². The average molecular weight is 400 g/mol. The summed E-state index contributed by atoms with van der Waals surface area (Å²) in [6, 6.07) is 0. The number of methoxy groups -OCH3 is 2. The Balaban J connectivity index is 0.00000361. The van der Waals surface area contributed by atoms with Crippen LogP contribution in [0.15, 0.2) is 17.4 Å². The summed E-state index contributed by atoms with van der Waals surface area (Å²) >= 11 is 0. The van der Waals surface area contributed by atoms with Crippen LogP contribution in [0.3, 0.4) is 0 Å². The molecule has 0 saturated carbocycles. The first kappa shape index (κ1) is 19.9. The Kier molecular flexibility index (Phi) is 12.6. The van der Waals surface area contributed by atoms with Crippen LogP contribution in [0, 0.1) is 0 Å². The van der Waals surface area contributed by atoms with Crippen molar-refractivity contribution in [3.63, 3.8) is 0 Å². The van der Waals surface area contributed by atoms with Gasteiger partial charge in [-0.3, -0.25) is 0 Å². The Morgan fingerprint density at radius 3 is 1.80 bits per heavy atom. The van der Waals surface area contributed by atoms with Gasteiger partial charge in [-0.1, -0.05) is 0 Å². The number of nitrogens with zero attached hydrogens (tertiary/aromatic N) is 2. The molecule has 0 aromatic carbocycles. The molecule has 0 radical (unpaired) electrons. The van der Waals surface area contributed by atoms with Crippen molar-refractivity contribution in [3.8, 4) is 0 Å². The first-order valence-electron chi connectivity index (χ1n) is 6.55. The van der Waals surface area contributed by atoms with Gasteiger partial charge in [0.15, 0.2) is 6.34 Å². The van der Waals surface area contributed by atoms with Crippen LogP contribution in [0.1, 0.15) is 0 Å². The molecule has 0 aromatic rings. The summed E-state index contributed by atoms with van der Waals surface area (Å²) in [5.41, 5.74) is 0. The van der Waals surface area contributed by atoms with E-state index < -0.39 is 0 Å². The monoisotopic (exact) mass is 400 g/mol. The number of aliphatic imine (C=N–C) groups is 1. The van der Waals surface area contributed by atoms with Crippen LogP contribution in [-0.2, 0) is 18.9 Å². The van der Waals surface area contributed by atoms with E-state index in [4.69, 9.17) is 18.9 Å². The molecule has 0 unspecified atom stereocenters. The SMILES string of the molecule is COCCOCC[N+]1(CCOCCOC)C=CN=C1.[I-]. The summed E-state index contributed by atoms with van der Waals surface area (Å²) in [7, 11) is 3.34. The fourth-order valence-corrected chi connectivity index (χ4v) is 1.72. The maximum Gasteiger partial charge on any atom is 0.194 e. The van der Waals surface area contributed by atoms with Crippen molar-refractivity contribution in [1.29, 1.82) is 0 Å². The average Bonchev–Trinajstić information content (AvgIpc) is 2.88. The van der Waals surface area contributed by atoms with Crippen LogP contribution < -0.4 is 24.0 Å². The lowest BCUT2D eigenvalue weighted by Crippen LogP contribution is -3.00. The number of ether oxygens (including phenoxy) is 4. The molecule has 0 bridgehead atoms. The van der Waals surface area contributed by atoms with Crippen molar-refractivity contribution in [3.05, 3.63) is 12.4 Å². The molecule has 0 amide bonds. The molecule has 20 heavy (non-hydrogen) atoms. The standard InChI is InChI=1S/C13H25N2O4.HI/c1-16-9-11-18-7-5-15(4-3-14-13-15)6-8-19-12-10-17-2;/h3-4,13H,5-12H2,1-2H3;1H/q+1;/p-1. The zero-order valence-electron chi connectivity index (χ0n) is 12.3. The summed E-state index contributed by atoms with van der Waals surface area (Å²) < 4.78 is 21.6. The Hall–Kier alpha value is -0.0600. The number of rotatable bonds is 12. The fourth-order valence-electron chi connectivity index (χ4n) is 1.72. The maximum absolute atomic E-state index is 5.51. The predicted molar refractivity (Wildman–Crippen MR) is 73.0 cm³/mol. The van der Waals surface area contributed by atoms with E-state index in [1.807, 2.05) is 12.5 Å². The molecule has 1 aliphatic rings. The van der Waals surface area contributed by atoms with Gasteiger partial charge in [0.25, 0.3) is 0 Å². The minimum absolute atomic E-state index is 0. The summed E-state index contributed by atoms with van der Waals surface area (Å²) in [4.78, 5) is 4.17. The lowest BCUT2D eigenvalue weighted by Gasteiger charge is -2.27. The third-order valence-corrected chi connectivity index (χ3v) is 2.91. The van der Waals surface area contributed by atoms with Crippen LogP contribution in [-0.4, -0.2) is 77.8 Å². The number of halogens is 1. The van der Waals surface area contributed by atoms with Crippen LogP contribution in [0.4, 0.5) is 0 Å². The quantitative estimate of drug-likeness (QED) is 0.209. The van der Waals surface area contributed by atoms with Gasteiger partial charge < -0.3 is 42.9 Å². The second kappa shape index (κ2) is 12.7. The van der Waals surface area contributed by atoms with Crippen LogP contribution >= 0.6 is 0 Å². The van der Waals surface area contributed by atoms with E-state index in [1.54, 1.807) is 14.2 Å². The van der Waals surface area contributed by atoms with Gasteiger partial charge in [0.1, 0.15) is 19.3 Å². The van der Waals surface area contributed by atoms with E-state index in [2.05, 4.69) is 11.2 Å². The largest absolute Gasteiger partial charge is 1.00 e. The Morgan fingerprint density at radius 1 is 0.850 bits per heavy atom. The van der Waals surface area contributed by atoms with Crippen molar-refractivity contribution in [2.45, 2.75) is 0 Å². The van der Waals surface area contributed by atoms with Crippen molar-refractivity contribution in [2.24, 2.45) is 4.99 Å². The zero-order chi connectivity index (χ0) is 13.8. The predicted octanol–water partition coefficient (Wildman–Crippen LogP) is -2.35. The molecule has 0 aliphatic carbocycles. The molecule has 1 heterocycles. The first-order valence-corrected chi connectivity index (χ1v) is 6.55. The topological polar surface area (TPSA) is 49.3 Å². The molecule has 1 rings (SSSR count). The Morgan fingerprint density at radius 2 is 1.40 bits per heavy atom. The van der Waals surface area contributed by atoms with Gasteiger partial charge in [0, 0.05) is 14.2 Å². The molecule has 6 nitrogen and oxygen atoms in total. The molecule has 0 saturated heterocycles. The van der Waals surface area contributed by atoms with Gasteiger partial charge in [-0.2, -0.15) is 0 Å². The molecule has 1 aliphatic heterocycles. The van der Waals surface area contributed by atoms with Gasteiger partial charge in [-0.15, -0.1) is 0 Å². The zero-order valence-corrected chi connectivity index (χ0v) is 14.5. The van der Waals surface area contributed by atoms with Crippen molar-refractivity contribution < 1.29 is 47.4 Å². The fraction of sp³-hybridized carbons (Fsp3) is 0.769. The molecule has 7 heteroatoms. The molecule has 0 spiro atoms. The van der Waals surface area contributed by atoms with Gasteiger partial charge in [0.2, 0.25) is 0 Å². The molecule has 0 atom stereocenters. The summed E-state index contributed by atoms with van der Waals surface area (Å²) in [6.07, 6.45) is 5.82. The molecule has 118 valence electrons. The minimum Gasteiger partial charge on any atom is -1.00 e. The van der Waals surface area contributed by atoms with Gasteiger partial charge in [-0.25, -0.2) is 9.48 Å². The second-order valence-corrected chi connectivity index (χ2v) is 4.32. The Bertz CT molecular complexity index is 260. The van der Waals surface area contributed by atoms with E-state index in [0.717, 1.165) is 13.1 Å². The van der Waals surface area contributed by atoms with E-state index in [0.29, 0.717) is 44.1 Å². The third kappa shape index (κ3) is 8.28. The van der Waals surface area contributed by atoms with E-state index in [1.165, 1.54) is 0 Å². The lowest BCUT2D eigenvalue weighted by atomic mass is 10.4. The molecule has 0 N–H and O–H groups in total. The van der Waals surface area contributed by atoms with Gasteiger partial charge in [0.05, 0.1) is 45.8 Å². The highest BCUT2D eigenvalue weighted by Gasteiger charge is 2.25. The molecule has 0 aromatic heterocycles. The Labute approximate surface area is 138 Å². The molecule has 0 fully saturated rings. The van der Waals surface area contributed by atoms with Gasteiger partial charge in [-0.05, 0) is 0 Å². The van der Waals surface area contributed by atoms with E-state index in [9.17, 15) is 0 Å². The summed E-state index contributed by atoms with van der Waals surface area (Å²) in [6.45, 7) is 5.59. The minimum atomic E-state index is 0. The first-order chi connectivity index (χ1) is 9.33. The van der Waals surface area contributed by atoms with Crippen molar-refractivity contribution in [1.82, 2.24) is 0 Å². The van der Waals surface area contributed by atoms with E-state index in [-0.39, 0.29) is 24.0 Å². The summed E-state index contributed by atoms with van der Waals surface area (Å²) in [5, 5.41) is 0. The van der Waals surface area contributed by atoms with Crippen molar-refractivity contribution >= 4 is 6.34 Å². The summed E-state index contributed by atoms with van der Waals surface area (Å²) in [5.74, 6) is 0. The number of quaternary nitrogens is 1. The second-order valence-electron chi connectivity index (χ2n) is 4.32. The smallest absolute Gasteiger partial charge is 0.194 e. The number of hydrogen-bond donors (Lipinski definition) is 0.